The third-order valence-electron chi connectivity index (χ3n) is 6.13. The van der Waals surface area contributed by atoms with Gasteiger partial charge < -0.3 is 15.5 Å². The predicted octanol–water partition coefficient (Wildman–Crippen LogP) is 1.84. The number of nitrogens with zero attached hydrogens (tertiary/aromatic N) is 1. The number of hydrogen-bond acceptors (Lipinski definition) is 5. The summed E-state index contributed by atoms with van der Waals surface area (Å²) >= 11 is 0. The molecule has 3 rings (SSSR count). The second kappa shape index (κ2) is 9.38. The minimum Gasteiger partial charge on any atom is -0.340 e. The van der Waals surface area contributed by atoms with Crippen LogP contribution in [0.3, 0.4) is 0 Å². The van der Waals surface area contributed by atoms with Gasteiger partial charge in [-0.05, 0) is 51.4 Å². The molecule has 1 aromatic rings. The fraction of sp³-hybridized carbons (Fsp3) is 0.619. The van der Waals surface area contributed by atoms with Gasteiger partial charge in [0.15, 0.2) is 9.84 Å². The van der Waals surface area contributed by atoms with Crippen LogP contribution in [0.5, 0.6) is 0 Å². The molecule has 0 saturated carbocycles. The monoisotopic (exact) mass is 475 g/mol. The van der Waals surface area contributed by atoms with Crippen LogP contribution in [0.1, 0.15) is 42.6 Å². The quantitative estimate of drug-likeness (QED) is 0.655. The van der Waals surface area contributed by atoms with Gasteiger partial charge in [-0.3, -0.25) is 9.59 Å². The molecule has 2 N–H and O–H groups in total. The van der Waals surface area contributed by atoms with Crippen molar-refractivity contribution in [2.75, 3.05) is 25.4 Å². The molecule has 2 amide bonds. The molecule has 2 saturated heterocycles. The van der Waals surface area contributed by atoms with Gasteiger partial charge in [0.05, 0.1) is 16.6 Å². The van der Waals surface area contributed by atoms with Crippen molar-refractivity contribution in [2.24, 2.45) is 5.92 Å². The van der Waals surface area contributed by atoms with E-state index in [9.17, 15) is 31.2 Å². The van der Waals surface area contributed by atoms with Gasteiger partial charge in [-0.2, -0.15) is 13.2 Å². The SMILES string of the molecule is CC(C)S(=O)(=O)C[C@H]1CNCC[C@@H]1N1CC[C@H](NC(=O)c2cccc(C(F)(F)F)c2)C1=O. The molecule has 32 heavy (non-hydrogen) atoms. The molecule has 2 fully saturated rings. The largest absolute Gasteiger partial charge is 0.416 e. The molecule has 0 aromatic heterocycles. The number of piperidine rings is 1. The second-order valence-electron chi connectivity index (χ2n) is 8.62. The normalized spacial score (nSPS) is 24.8. The Balaban J connectivity index is 1.69. The standard InChI is InChI=1S/C21H28F3N3O4S/c1-13(2)32(30,31)12-15-11-25-8-6-18(15)27-9-7-17(20(27)29)26-19(28)14-4-3-5-16(10-14)21(22,23)24/h3-5,10,13,15,17-18,25H,6-9,11-12H2,1-2H3,(H,26,28)/t15-,17+,18+/m1/s1. The topological polar surface area (TPSA) is 95.6 Å². The van der Waals surface area contributed by atoms with Crippen LogP contribution in [0.15, 0.2) is 24.3 Å². The number of carbonyl (C=O) groups is 2. The zero-order chi connectivity index (χ0) is 23.7. The van der Waals surface area contributed by atoms with Crippen LogP contribution >= 0.6 is 0 Å². The van der Waals surface area contributed by atoms with Crippen molar-refractivity contribution in [1.29, 1.82) is 0 Å². The predicted molar refractivity (Wildman–Crippen MR) is 113 cm³/mol. The van der Waals surface area contributed by atoms with Crippen molar-refractivity contribution < 1.29 is 31.2 Å². The molecule has 2 aliphatic heterocycles. The number of alkyl halides is 3. The fourth-order valence-electron chi connectivity index (χ4n) is 4.22. The summed E-state index contributed by atoms with van der Waals surface area (Å²) in [5, 5.41) is 5.21. The Hall–Kier alpha value is -2.14. The van der Waals surface area contributed by atoms with Gasteiger partial charge in [-0.25, -0.2) is 8.42 Å². The van der Waals surface area contributed by atoms with Crippen molar-refractivity contribution in [1.82, 2.24) is 15.5 Å². The van der Waals surface area contributed by atoms with Gasteiger partial charge in [-0.15, -0.1) is 0 Å². The summed E-state index contributed by atoms with van der Waals surface area (Å²) in [4.78, 5) is 27.1. The Morgan fingerprint density at radius 3 is 2.66 bits per heavy atom. The third kappa shape index (κ3) is 5.43. The van der Waals surface area contributed by atoms with E-state index in [1.807, 2.05) is 0 Å². The molecule has 3 atom stereocenters. The van der Waals surface area contributed by atoms with Gasteiger partial charge in [-0.1, -0.05) is 6.07 Å². The first-order valence-corrected chi connectivity index (χ1v) is 12.3. The number of likely N-dealkylation sites (tertiary alicyclic amines) is 1. The Bertz CT molecular complexity index is 965. The number of amides is 2. The number of hydrogen-bond donors (Lipinski definition) is 2. The highest BCUT2D eigenvalue weighted by Gasteiger charge is 2.42. The highest BCUT2D eigenvalue weighted by molar-refractivity contribution is 7.91. The molecule has 7 nitrogen and oxygen atoms in total. The number of halogens is 3. The minimum atomic E-state index is -4.57. The summed E-state index contributed by atoms with van der Waals surface area (Å²) in [6.45, 7) is 4.73. The van der Waals surface area contributed by atoms with E-state index in [-0.39, 0.29) is 29.2 Å². The van der Waals surface area contributed by atoms with Crippen LogP contribution < -0.4 is 10.6 Å². The summed E-state index contributed by atoms with van der Waals surface area (Å²) in [5.41, 5.74) is -1.11. The van der Waals surface area contributed by atoms with E-state index in [1.165, 1.54) is 6.07 Å². The van der Waals surface area contributed by atoms with Crippen molar-refractivity contribution >= 4 is 21.7 Å². The molecule has 0 aliphatic carbocycles. The van der Waals surface area contributed by atoms with Gasteiger partial charge >= 0.3 is 6.18 Å². The Morgan fingerprint density at radius 2 is 2.00 bits per heavy atom. The minimum absolute atomic E-state index is 0.0344. The highest BCUT2D eigenvalue weighted by atomic mass is 32.2. The van der Waals surface area contributed by atoms with Gasteiger partial charge in [0.2, 0.25) is 5.91 Å². The lowest BCUT2D eigenvalue weighted by Crippen LogP contribution is -2.54. The molecule has 1 aromatic carbocycles. The van der Waals surface area contributed by atoms with E-state index >= 15 is 0 Å². The molecule has 178 valence electrons. The molecule has 0 bridgehead atoms. The lowest BCUT2D eigenvalue weighted by molar-refractivity contribution is -0.137. The van der Waals surface area contributed by atoms with E-state index in [1.54, 1.807) is 18.7 Å². The zero-order valence-electron chi connectivity index (χ0n) is 18.0. The lowest BCUT2D eigenvalue weighted by atomic mass is 9.93. The Kier molecular flexibility index (Phi) is 7.18. The maximum atomic E-state index is 13.0. The zero-order valence-corrected chi connectivity index (χ0v) is 18.8. The van der Waals surface area contributed by atoms with Crippen LogP contribution in [-0.4, -0.2) is 67.9 Å². The van der Waals surface area contributed by atoms with E-state index in [0.717, 1.165) is 18.2 Å². The van der Waals surface area contributed by atoms with Crippen molar-refractivity contribution in [3.8, 4) is 0 Å². The van der Waals surface area contributed by atoms with Crippen LogP contribution in [0, 0.1) is 5.92 Å². The van der Waals surface area contributed by atoms with Gasteiger partial charge in [0.25, 0.3) is 5.91 Å². The summed E-state index contributed by atoms with van der Waals surface area (Å²) < 4.78 is 63.6. The van der Waals surface area contributed by atoms with Crippen LogP contribution in [0.4, 0.5) is 13.2 Å². The van der Waals surface area contributed by atoms with Crippen molar-refractivity contribution in [3.63, 3.8) is 0 Å². The molecular formula is C21H28F3N3O4S. The van der Waals surface area contributed by atoms with E-state index in [0.29, 0.717) is 32.5 Å². The number of benzene rings is 1. The first kappa shape index (κ1) is 24.5. The third-order valence-corrected chi connectivity index (χ3v) is 8.46. The van der Waals surface area contributed by atoms with Crippen LogP contribution in [0.25, 0.3) is 0 Å². The fourth-order valence-corrected chi connectivity index (χ4v) is 5.55. The average molecular weight is 476 g/mol. The second-order valence-corrected chi connectivity index (χ2v) is 11.2. The maximum Gasteiger partial charge on any atom is 0.416 e. The van der Waals surface area contributed by atoms with Crippen molar-refractivity contribution in [3.05, 3.63) is 35.4 Å². The number of carbonyl (C=O) groups excluding carboxylic acids is 2. The molecule has 0 radical (unpaired) electrons. The Morgan fingerprint density at radius 1 is 1.28 bits per heavy atom. The number of sulfone groups is 1. The lowest BCUT2D eigenvalue weighted by Gasteiger charge is -2.38. The Labute approximate surface area is 185 Å². The first-order valence-electron chi connectivity index (χ1n) is 10.6. The summed E-state index contributed by atoms with van der Waals surface area (Å²) in [6, 6.07) is 2.92. The number of rotatable bonds is 6. The molecule has 11 heteroatoms. The molecule has 0 unspecified atom stereocenters. The molecule has 0 spiro atoms. The smallest absolute Gasteiger partial charge is 0.340 e. The maximum absolute atomic E-state index is 13.0. The molecule has 2 aliphatic rings. The van der Waals surface area contributed by atoms with Crippen LogP contribution in [-0.2, 0) is 20.8 Å². The summed E-state index contributed by atoms with van der Waals surface area (Å²) in [5.74, 6) is -1.38. The summed E-state index contributed by atoms with van der Waals surface area (Å²) in [6.07, 6.45) is -3.66. The first-order chi connectivity index (χ1) is 14.9. The van der Waals surface area contributed by atoms with E-state index in [4.69, 9.17) is 0 Å². The number of nitrogens with one attached hydrogen (secondary N) is 2. The van der Waals surface area contributed by atoms with E-state index in [2.05, 4.69) is 10.6 Å². The average Bonchev–Trinajstić information content (AvgIpc) is 3.07. The van der Waals surface area contributed by atoms with E-state index < -0.39 is 38.8 Å². The van der Waals surface area contributed by atoms with Gasteiger partial charge in [0.1, 0.15) is 6.04 Å². The molecular weight excluding hydrogens is 447 g/mol. The van der Waals surface area contributed by atoms with Crippen molar-refractivity contribution in [2.45, 2.75) is 50.2 Å². The summed E-state index contributed by atoms with van der Waals surface area (Å²) in [7, 11) is -3.30. The van der Waals surface area contributed by atoms with Crippen LogP contribution in [0.2, 0.25) is 0 Å². The molecule has 2 heterocycles. The van der Waals surface area contributed by atoms with Gasteiger partial charge in [0, 0.05) is 30.6 Å². The highest BCUT2D eigenvalue weighted by Crippen LogP contribution is 2.30.